The summed E-state index contributed by atoms with van der Waals surface area (Å²) in [5.41, 5.74) is 0. The van der Waals surface area contributed by atoms with Crippen molar-refractivity contribution >= 4 is 19.8 Å². The summed E-state index contributed by atoms with van der Waals surface area (Å²) in [5, 5.41) is 0. The quantitative estimate of drug-likeness (QED) is 0.0211. The minimum Gasteiger partial charge on any atom is -0.462 e. The number of phosphoric acid groups is 1. The minimum absolute atomic E-state index is 0.0356. The SMILES string of the molecule is CCCCCCCCCC/C=C\CCCCCCCCCCCCCC(=O)OC(COC(=O)CCCCCCCCCCCCCCCCCCCCCCCCCCCCCC)COP(=O)(O)OCC[N+](C)(C)C. The van der Waals surface area contributed by atoms with E-state index in [1.807, 2.05) is 21.1 Å². The molecule has 2 atom stereocenters. The van der Waals surface area contributed by atoms with E-state index < -0.39 is 26.5 Å². The number of quaternary nitrogens is 1. The van der Waals surface area contributed by atoms with Gasteiger partial charge >= 0.3 is 19.8 Å². The van der Waals surface area contributed by atoms with Gasteiger partial charge in [-0.3, -0.25) is 18.6 Å². The predicted molar refractivity (Wildman–Crippen MR) is 321 cm³/mol. The van der Waals surface area contributed by atoms with Crippen LogP contribution in [-0.4, -0.2) is 74.9 Å². The Kier molecular flexibility index (Phi) is 56.5. The minimum atomic E-state index is -4.38. The molecular formula is C65H129NO8P+. The van der Waals surface area contributed by atoms with Gasteiger partial charge < -0.3 is 18.9 Å². The summed E-state index contributed by atoms with van der Waals surface area (Å²) in [7, 11) is 1.50. The topological polar surface area (TPSA) is 108 Å². The van der Waals surface area contributed by atoms with Gasteiger partial charge in [-0.05, 0) is 38.5 Å². The first-order valence-corrected chi connectivity index (χ1v) is 34.4. The van der Waals surface area contributed by atoms with Crippen LogP contribution in [0.1, 0.15) is 341 Å². The van der Waals surface area contributed by atoms with E-state index in [-0.39, 0.29) is 25.6 Å². The molecule has 0 saturated carbocycles. The molecule has 0 fully saturated rings. The number of esters is 2. The maximum Gasteiger partial charge on any atom is 0.472 e. The molecule has 0 aliphatic heterocycles. The molecule has 0 saturated heterocycles. The molecule has 0 spiro atoms. The van der Waals surface area contributed by atoms with Crippen molar-refractivity contribution in [1.82, 2.24) is 0 Å². The van der Waals surface area contributed by atoms with E-state index in [4.69, 9.17) is 18.5 Å². The molecule has 0 aliphatic rings. The molecular weight excluding hydrogens is 954 g/mol. The number of hydrogen-bond acceptors (Lipinski definition) is 7. The second-order valence-corrected chi connectivity index (χ2v) is 25.3. The molecule has 9 nitrogen and oxygen atoms in total. The van der Waals surface area contributed by atoms with Gasteiger partial charge in [-0.15, -0.1) is 0 Å². The zero-order chi connectivity index (χ0) is 54.9. The molecule has 446 valence electrons. The number of unbranched alkanes of at least 4 members (excludes halogenated alkanes) is 46. The number of rotatable bonds is 62. The summed E-state index contributed by atoms with van der Waals surface area (Å²) in [6.07, 6.45) is 68.8. The Morgan fingerprint density at radius 1 is 0.400 bits per heavy atom. The normalized spacial score (nSPS) is 13.2. The number of carbonyl (C=O) groups is 2. The third-order valence-corrected chi connectivity index (χ3v) is 16.0. The van der Waals surface area contributed by atoms with Crippen LogP contribution in [0.15, 0.2) is 12.2 Å². The van der Waals surface area contributed by atoms with Crippen LogP contribution in [0.5, 0.6) is 0 Å². The molecule has 1 N–H and O–H groups in total. The fraction of sp³-hybridized carbons (Fsp3) is 0.938. The fourth-order valence-corrected chi connectivity index (χ4v) is 10.7. The van der Waals surface area contributed by atoms with Crippen LogP contribution in [0.25, 0.3) is 0 Å². The number of hydrogen-bond donors (Lipinski definition) is 1. The molecule has 0 radical (unpaired) electrons. The first-order chi connectivity index (χ1) is 36.5. The zero-order valence-electron chi connectivity index (χ0n) is 50.8. The fourth-order valence-electron chi connectivity index (χ4n) is 9.96. The maximum absolute atomic E-state index is 12.8. The van der Waals surface area contributed by atoms with E-state index in [1.165, 1.54) is 276 Å². The van der Waals surface area contributed by atoms with Gasteiger partial charge in [-0.25, -0.2) is 4.57 Å². The van der Waals surface area contributed by atoms with Crippen LogP contribution in [0, 0.1) is 0 Å². The Morgan fingerprint density at radius 2 is 0.680 bits per heavy atom. The van der Waals surface area contributed by atoms with Crippen molar-refractivity contribution in [2.75, 3.05) is 47.5 Å². The number of likely N-dealkylation sites (N-methyl/N-ethyl adjacent to an activating group) is 1. The highest BCUT2D eigenvalue weighted by Gasteiger charge is 2.27. The van der Waals surface area contributed by atoms with E-state index in [2.05, 4.69) is 26.0 Å². The predicted octanol–water partition coefficient (Wildman–Crippen LogP) is 20.8. The lowest BCUT2D eigenvalue weighted by Gasteiger charge is -2.24. The standard InChI is InChI=1S/C65H128NO8P/c1-6-8-10-12-14-16-18-20-22-24-26-28-30-31-32-33-34-36-37-39-41-43-45-47-49-51-53-55-57-64(67)71-61-63(62-73-75(69,70)72-60-59-66(3,4)5)74-65(68)58-56-54-52-50-48-46-44-42-40-38-35-29-27-25-23-21-19-17-15-13-11-9-7-2/h25,27,63H,6-24,26,28-62H2,1-5H3/p+1/b27-25-. The van der Waals surface area contributed by atoms with Crippen molar-refractivity contribution in [3.05, 3.63) is 12.2 Å². The molecule has 75 heavy (non-hydrogen) atoms. The molecule has 0 aromatic heterocycles. The molecule has 0 aliphatic carbocycles. The van der Waals surface area contributed by atoms with Crippen molar-refractivity contribution in [3.63, 3.8) is 0 Å². The Labute approximate surface area is 466 Å². The lowest BCUT2D eigenvalue weighted by atomic mass is 10.0. The monoisotopic (exact) mass is 1080 g/mol. The highest BCUT2D eigenvalue weighted by Crippen LogP contribution is 2.43. The number of allylic oxidation sites excluding steroid dienone is 2. The molecule has 0 aromatic carbocycles. The number of phosphoric ester groups is 1. The molecule has 0 aromatic rings. The zero-order valence-corrected chi connectivity index (χ0v) is 51.7. The summed E-state index contributed by atoms with van der Waals surface area (Å²) in [6, 6.07) is 0. The van der Waals surface area contributed by atoms with Crippen molar-refractivity contribution in [2.45, 2.75) is 347 Å². The Balaban J connectivity index is 4.02. The lowest BCUT2D eigenvalue weighted by Crippen LogP contribution is -2.37. The van der Waals surface area contributed by atoms with Gasteiger partial charge in [-0.2, -0.15) is 0 Å². The average Bonchev–Trinajstić information content (AvgIpc) is 3.37. The summed E-state index contributed by atoms with van der Waals surface area (Å²) in [4.78, 5) is 35.8. The second-order valence-electron chi connectivity index (χ2n) is 23.9. The van der Waals surface area contributed by atoms with Crippen LogP contribution in [0.4, 0.5) is 0 Å². The Bertz CT molecular complexity index is 1270. The van der Waals surface area contributed by atoms with Crippen LogP contribution < -0.4 is 0 Å². The van der Waals surface area contributed by atoms with Crippen molar-refractivity contribution in [1.29, 1.82) is 0 Å². The summed E-state index contributed by atoms with van der Waals surface area (Å²) in [6.45, 7) is 4.51. The van der Waals surface area contributed by atoms with E-state index in [0.29, 0.717) is 23.9 Å². The van der Waals surface area contributed by atoms with E-state index in [9.17, 15) is 19.0 Å². The molecule has 10 heteroatoms. The average molecular weight is 1080 g/mol. The number of nitrogens with zero attached hydrogens (tertiary/aromatic N) is 1. The van der Waals surface area contributed by atoms with Crippen LogP contribution >= 0.6 is 7.82 Å². The van der Waals surface area contributed by atoms with Crippen LogP contribution in [-0.2, 0) is 32.7 Å². The van der Waals surface area contributed by atoms with Gasteiger partial charge in [0, 0.05) is 12.8 Å². The van der Waals surface area contributed by atoms with Gasteiger partial charge in [0.05, 0.1) is 27.7 Å². The Morgan fingerprint density at radius 3 is 0.987 bits per heavy atom. The third-order valence-electron chi connectivity index (χ3n) is 15.0. The van der Waals surface area contributed by atoms with Gasteiger partial charge in [0.2, 0.25) is 0 Å². The first-order valence-electron chi connectivity index (χ1n) is 32.9. The van der Waals surface area contributed by atoms with Gasteiger partial charge in [-0.1, -0.05) is 302 Å². The van der Waals surface area contributed by atoms with Crippen molar-refractivity contribution in [2.24, 2.45) is 0 Å². The van der Waals surface area contributed by atoms with Gasteiger partial charge in [0.15, 0.2) is 6.10 Å². The largest absolute Gasteiger partial charge is 0.472 e. The highest BCUT2D eigenvalue weighted by atomic mass is 31.2. The summed E-state index contributed by atoms with van der Waals surface area (Å²) >= 11 is 0. The first kappa shape index (κ1) is 73.8. The summed E-state index contributed by atoms with van der Waals surface area (Å²) in [5.74, 6) is -0.775. The van der Waals surface area contributed by atoms with E-state index in [1.54, 1.807) is 0 Å². The lowest BCUT2D eigenvalue weighted by molar-refractivity contribution is -0.870. The van der Waals surface area contributed by atoms with Crippen molar-refractivity contribution in [3.8, 4) is 0 Å². The number of ether oxygens (including phenoxy) is 2. The Hall–Kier alpha value is -1.25. The molecule has 0 bridgehead atoms. The highest BCUT2D eigenvalue weighted by molar-refractivity contribution is 7.47. The maximum atomic E-state index is 12.8. The number of carbonyl (C=O) groups excluding carboxylic acids is 2. The second kappa shape index (κ2) is 57.4. The summed E-state index contributed by atoms with van der Waals surface area (Å²) < 4.78 is 34.7. The van der Waals surface area contributed by atoms with Crippen LogP contribution in [0.2, 0.25) is 0 Å². The van der Waals surface area contributed by atoms with Gasteiger partial charge in [0.1, 0.15) is 19.8 Å². The molecule has 2 unspecified atom stereocenters. The van der Waals surface area contributed by atoms with Crippen LogP contribution in [0.3, 0.4) is 0 Å². The van der Waals surface area contributed by atoms with E-state index in [0.717, 1.165) is 32.1 Å². The third kappa shape index (κ3) is 61.8. The smallest absolute Gasteiger partial charge is 0.462 e. The molecule has 0 rings (SSSR count). The molecule has 0 heterocycles. The van der Waals surface area contributed by atoms with Gasteiger partial charge in [0.25, 0.3) is 0 Å². The van der Waals surface area contributed by atoms with E-state index >= 15 is 0 Å². The van der Waals surface area contributed by atoms with Crippen molar-refractivity contribution < 1.29 is 42.1 Å². The molecule has 0 amide bonds.